The van der Waals surface area contributed by atoms with E-state index in [0.717, 1.165) is 33.8 Å². The Labute approximate surface area is 141 Å². The zero-order valence-electron chi connectivity index (χ0n) is 12.4. The molecular weight excluding hydrogens is 335 g/mol. The van der Waals surface area contributed by atoms with Gasteiger partial charge in [0.25, 0.3) is 0 Å². The fourth-order valence-corrected chi connectivity index (χ4v) is 3.10. The normalized spacial score (nSPS) is 11.5. The van der Waals surface area contributed by atoms with Crippen LogP contribution in [0.3, 0.4) is 0 Å². The number of benzene rings is 1. The Kier molecular flexibility index (Phi) is 3.18. The van der Waals surface area contributed by atoms with Crippen LogP contribution in [0.15, 0.2) is 30.9 Å². The molecular formula is C15H12Cl2N6. The number of nitrogens with zero attached hydrogens (tertiary/aromatic N) is 5. The molecule has 8 heteroatoms. The topological polar surface area (TPSA) is 64.3 Å². The molecule has 0 spiro atoms. The van der Waals surface area contributed by atoms with Gasteiger partial charge in [0.2, 0.25) is 0 Å². The molecule has 4 rings (SSSR count). The van der Waals surface area contributed by atoms with Gasteiger partial charge >= 0.3 is 0 Å². The Morgan fingerprint density at radius 1 is 1.00 bits per heavy atom. The zero-order valence-corrected chi connectivity index (χ0v) is 13.9. The van der Waals surface area contributed by atoms with Crippen LogP contribution in [0.4, 0.5) is 0 Å². The molecule has 0 unspecified atom stereocenters. The molecule has 0 radical (unpaired) electrons. The van der Waals surface area contributed by atoms with E-state index < -0.39 is 0 Å². The quantitative estimate of drug-likeness (QED) is 0.599. The zero-order chi connectivity index (χ0) is 16.1. The van der Waals surface area contributed by atoms with Gasteiger partial charge in [-0.25, -0.2) is 9.66 Å². The second-order valence-electron chi connectivity index (χ2n) is 5.31. The van der Waals surface area contributed by atoms with Crippen LogP contribution in [0, 0.1) is 13.8 Å². The van der Waals surface area contributed by atoms with E-state index in [0.29, 0.717) is 10.0 Å². The van der Waals surface area contributed by atoms with Crippen molar-refractivity contribution >= 4 is 34.2 Å². The molecule has 0 aliphatic carbocycles. The summed E-state index contributed by atoms with van der Waals surface area (Å²) < 4.78 is 3.84. The lowest BCUT2D eigenvalue weighted by Crippen LogP contribution is -2.10. The standard InChI is InChI=1S/C15H12Cl2N6/c1-8-3-10(9(2)23(8)22-6-18-19-7-22)15-20-13-4-11(16)12(17)5-14(13)21-15/h3-7H,1-2H3,(H,20,21). The SMILES string of the molecule is Cc1cc(-c2nc3cc(Cl)c(Cl)cc3[nH]2)c(C)n1-n1cnnc1. The molecule has 3 aromatic heterocycles. The maximum atomic E-state index is 6.07. The number of rotatable bonds is 2. The van der Waals surface area contributed by atoms with Crippen LogP contribution in [0.5, 0.6) is 0 Å². The molecule has 0 atom stereocenters. The molecule has 0 bridgehead atoms. The van der Waals surface area contributed by atoms with Crippen LogP contribution in [-0.2, 0) is 0 Å². The molecule has 3 heterocycles. The minimum Gasteiger partial charge on any atom is -0.338 e. The molecule has 4 aromatic rings. The van der Waals surface area contributed by atoms with Crippen molar-refractivity contribution in [3.63, 3.8) is 0 Å². The van der Waals surface area contributed by atoms with E-state index in [1.54, 1.807) is 24.8 Å². The molecule has 0 fully saturated rings. The Bertz CT molecular complexity index is 974. The Morgan fingerprint density at radius 2 is 1.70 bits per heavy atom. The minimum absolute atomic E-state index is 0.493. The highest BCUT2D eigenvalue weighted by Crippen LogP contribution is 2.30. The second kappa shape index (κ2) is 5.11. The summed E-state index contributed by atoms with van der Waals surface area (Å²) in [4.78, 5) is 7.93. The number of halogens is 2. The van der Waals surface area contributed by atoms with Crippen LogP contribution in [0.2, 0.25) is 10.0 Å². The smallest absolute Gasteiger partial charge is 0.140 e. The van der Waals surface area contributed by atoms with Crippen molar-refractivity contribution in [3.8, 4) is 11.4 Å². The van der Waals surface area contributed by atoms with E-state index in [1.165, 1.54) is 0 Å². The predicted molar refractivity (Wildman–Crippen MR) is 89.8 cm³/mol. The number of hydrogen-bond donors (Lipinski definition) is 1. The minimum atomic E-state index is 0.493. The Balaban J connectivity index is 1.90. The van der Waals surface area contributed by atoms with Crippen molar-refractivity contribution in [3.05, 3.63) is 52.3 Å². The second-order valence-corrected chi connectivity index (χ2v) is 6.12. The third-order valence-corrected chi connectivity index (χ3v) is 4.53. The number of aryl methyl sites for hydroxylation is 1. The van der Waals surface area contributed by atoms with E-state index in [9.17, 15) is 0 Å². The molecule has 1 aromatic carbocycles. The van der Waals surface area contributed by atoms with Crippen molar-refractivity contribution in [1.82, 2.24) is 29.5 Å². The van der Waals surface area contributed by atoms with E-state index in [-0.39, 0.29) is 0 Å². The number of aromatic amines is 1. The highest BCUT2D eigenvalue weighted by molar-refractivity contribution is 6.42. The third-order valence-electron chi connectivity index (χ3n) is 3.81. The fraction of sp³-hybridized carbons (Fsp3) is 0.133. The largest absolute Gasteiger partial charge is 0.338 e. The molecule has 0 amide bonds. The summed E-state index contributed by atoms with van der Waals surface area (Å²) in [6.07, 6.45) is 3.31. The molecule has 0 saturated heterocycles. The van der Waals surface area contributed by atoms with E-state index in [4.69, 9.17) is 23.2 Å². The van der Waals surface area contributed by atoms with Crippen molar-refractivity contribution < 1.29 is 0 Å². The van der Waals surface area contributed by atoms with E-state index >= 15 is 0 Å². The van der Waals surface area contributed by atoms with Gasteiger partial charge in [0.05, 0.1) is 21.1 Å². The summed E-state index contributed by atoms with van der Waals surface area (Å²) in [5, 5.41) is 8.71. The van der Waals surface area contributed by atoms with Crippen molar-refractivity contribution in [2.45, 2.75) is 13.8 Å². The van der Waals surface area contributed by atoms with Gasteiger partial charge in [-0.1, -0.05) is 23.2 Å². The molecule has 1 N–H and O–H groups in total. The van der Waals surface area contributed by atoms with Gasteiger partial charge < -0.3 is 4.98 Å². The lowest BCUT2D eigenvalue weighted by molar-refractivity contribution is 0.622. The Morgan fingerprint density at radius 3 is 2.43 bits per heavy atom. The third kappa shape index (κ3) is 2.22. The predicted octanol–water partition coefficient (Wildman–Crippen LogP) is 3.86. The van der Waals surface area contributed by atoms with Gasteiger partial charge in [-0.2, -0.15) is 0 Å². The van der Waals surface area contributed by atoms with E-state index in [2.05, 4.69) is 26.2 Å². The highest BCUT2D eigenvalue weighted by Gasteiger charge is 2.16. The van der Waals surface area contributed by atoms with E-state index in [1.807, 2.05) is 23.2 Å². The summed E-state index contributed by atoms with van der Waals surface area (Å²) in [6.45, 7) is 4.04. The fourth-order valence-electron chi connectivity index (χ4n) is 2.78. The van der Waals surface area contributed by atoms with Crippen LogP contribution >= 0.6 is 23.2 Å². The average Bonchev–Trinajstić information content (AvgIpc) is 3.19. The van der Waals surface area contributed by atoms with Crippen LogP contribution in [-0.4, -0.2) is 29.5 Å². The first-order chi connectivity index (χ1) is 11.0. The summed E-state index contributed by atoms with van der Waals surface area (Å²) in [5.41, 5.74) is 4.71. The average molecular weight is 347 g/mol. The summed E-state index contributed by atoms with van der Waals surface area (Å²) in [7, 11) is 0. The highest BCUT2D eigenvalue weighted by atomic mass is 35.5. The van der Waals surface area contributed by atoms with Crippen molar-refractivity contribution in [2.24, 2.45) is 0 Å². The van der Waals surface area contributed by atoms with Gasteiger partial charge in [-0.05, 0) is 32.0 Å². The first-order valence-corrected chi connectivity index (χ1v) is 7.69. The monoisotopic (exact) mass is 346 g/mol. The van der Waals surface area contributed by atoms with Gasteiger partial charge in [0.15, 0.2) is 0 Å². The van der Waals surface area contributed by atoms with Gasteiger partial charge in [-0.3, -0.25) is 4.68 Å². The van der Waals surface area contributed by atoms with Crippen molar-refractivity contribution in [1.29, 1.82) is 0 Å². The number of imidazole rings is 1. The number of H-pyrrole nitrogens is 1. The number of fused-ring (bicyclic) bond motifs is 1. The summed E-state index contributed by atoms with van der Waals surface area (Å²) >= 11 is 12.1. The lowest BCUT2D eigenvalue weighted by atomic mass is 10.2. The first kappa shape index (κ1) is 14.3. The number of hydrogen-bond acceptors (Lipinski definition) is 3. The number of aromatic nitrogens is 6. The molecule has 0 aliphatic rings. The number of nitrogens with one attached hydrogen (secondary N) is 1. The molecule has 0 aliphatic heterocycles. The van der Waals surface area contributed by atoms with Gasteiger partial charge in [0.1, 0.15) is 18.5 Å². The van der Waals surface area contributed by atoms with Crippen LogP contribution in [0.25, 0.3) is 22.4 Å². The Hall–Kier alpha value is -2.31. The first-order valence-electron chi connectivity index (χ1n) is 6.94. The summed E-state index contributed by atoms with van der Waals surface area (Å²) in [6, 6.07) is 5.61. The van der Waals surface area contributed by atoms with Gasteiger partial charge in [-0.15, -0.1) is 10.2 Å². The maximum absolute atomic E-state index is 6.07. The summed E-state index contributed by atoms with van der Waals surface area (Å²) in [5.74, 6) is 0.769. The van der Waals surface area contributed by atoms with Crippen molar-refractivity contribution in [2.75, 3.05) is 0 Å². The molecule has 6 nitrogen and oxygen atoms in total. The maximum Gasteiger partial charge on any atom is 0.140 e. The van der Waals surface area contributed by atoms with Crippen LogP contribution in [0.1, 0.15) is 11.4 Å². The molecule has 116 valence electrons. The van der Waals surface area contributed by atoms with Crippen LogP contribution < -0.4 is 0 Å². The molecule has 0 saturated carbocycles. The molecule has 23 heavy (non-hydrogen) atoms. The lowest BCUT2D eigenvalue weighted by Gasteiger charge is -2.08. The van der Waals surface area contributed by atoms with Gasteiger partial charge in [0, 0.05) is 17.0 Å².